The highest BCUT2D eigenvalue weighted by Gasteiger charge is 2.12. The number of rotatable bonds is 11. The van der Waals surface area contributed by atoms with E-state index in [4.69, 9.17) is 9.47 Å². The van der Waals surface area contributed by atoms with Crippen LogP contribution in [0.4, 0.5) is 13.2 Å². The summed E-state index contributed by atoms with van der Waals surface area (Å²) in [4.78, 5) is 23.0. The molecule has 0 N–H and O–H groups in total. The summed E-state index contributed by atoms with van der Waals surface area (Å²) in [5, 5.41) is 0. The molecule has 0 amide bonds. The maximum absolute atomic E-state index is 13.4. The molecule has 0 spiro atoms. The van der Waals surface area contributed by atoms with Crippen molar-refractivity contribution in [3.05, 3.63) is 35.1 Å². The molecule has 1 aromatic carbocycles. The Balaban J connectivity index is 2.19. The van der Waals surface area contributed by atoms with E-state index < -0.39 is 30.0 Å². The molecule has 140 valence electrons. The third-order valence-corrected chi connectivity index (χ3v) is 3.50. The first-order valence-electron chi connectivity index (χ1n) is 8.38. The molecule has 0 aliphatic carbocycles. The lowest BCUT2D eigenvalue weighted by Crippen LogP contribution is -2.09. The number of ether oxygens (including phenoxy) is 2. The molecule has 1 aromatic rings. The van der Waals surface area contributed by atoms with Gasteiger partial charge in [-0.05, 0) is 18.9 Å². The lowest BCUT2D eigenvalue weighted by Gasteiger charge is -2.07. The van der Waals surface area contributed by atoms with Crippen LogP contribution in [-0.4, -0.2) is 18.5 Å². The van der Waals surface area contributed by atoms with Crippen molar-refractivity contribution in [2.75, 3.05) is 6.61 Å². The predicted octanol–water partition coefficient (Wildman–Crippen LogP) is 4.44. The van der Waals surface area contributed by atoms with Gasteiger partial charge in [0.25, 0.3) is 0 Å². The van der Waals surface area contributed by atoms with Crippen molar-refractivity contribution in [1.29, 1.82) is 0 Å². The van der Waals surface area contributed by atoms with Crippen molar-refractivity contribution >= 4 is 11.9 Å². The first-order valence-corrected chi connectivity index (χ1v) is 8.38. The van der Waals surface area contributed by atoms with Gasteiger partial charge in [-0.1, -0.05) is 26.2 Å². The summed E-state index contributed by atoms with van der Waals surface area (Å²) in [5.74, 6) is -4.54. The number of esters is 2. The molecule has 0 unspecified atom stereocenters. The first kappa shape index (κ1) is 21.0. The topological polar surface area (TPSA) is 52.6 Å². The molecule has 0 saturated carbocycles. The molecule has 0 radical (unpaired) electrons. The maximum atomic E-state index is 13.4. The zero-order chi connectivity index (χ0) is 18.7. The molecule has 0 fully saturated rings. The Morgan fingerprint density at radius 1 is 0.840 bits per heavy atom. The lowest BCUT2D eigenvalue weighted by atomic mass is 10.2. The summed E-state index contributed by atoms with van der Waals surface area (Å²) in [7, 11) is 0. The fourth-order valence-electron chi connectivity index (χ4n) is 2.07. The largest absolute Gasteiger partial charge is 0.466 e. The van der Waals surface area contributed by atoms with Crippen LogP contribution in [0.1, 0.15) is 57.4 Å². The standard InChI is InChI=1S/C18H23F3O4/c1-2-3-4-5-9-24-17(22)7-6-8-18(23)25-12-13-10-15(20)16(21)11-14(13)19/h10-11H,2-9,12H2,1H3. The van der Waals surface area contributed by atoms with E-state index in [1.54, 1.807) is 0 Å². The fourth-order valence-corrected chi connectivity index (χ4v) is 2.07. The van der Waals surface area contributed by atoms with Gasteiger partial charge >= 0.3 is 11.9 Å². The van der Waals surface area contributed by atoms with Crippen LogP contribution >= 0.6 is 0 Å². The molecule has 0 aliphatic heterocycles. The molecule has 7 heteroatoms. The molecule has 0 aliphatic rings. The van der Waals surface area contributed by atoms with E-state index in [-0.39, 0.29) is 30.8 Å². The van der Waals surface area contributed by atoms with Gasteiger partial charge in [-0.25, -0.2) is 13.2 Å². The lowest BCUT2D eigenvalue weighted by molar-refractivity contribution is -0.146. The smallest absolute Gasteiger partial charge is 0.306 e. The third kappa shape index (κ3) is 8.56. The quantitative estimate of drug-likeness (QED) is 0.333. The van der Waals surface area contributed by atoms with E-state index >= 15 is 0 Å². The Morgan fingerprint density at radius 2 is 1.48 bits per heavy atom. The maximum Gasteiger partial charge on any atom is 0.306 e. The average molecular weight is 360 g/mol. The Morgan fingerprint density at radius 3 is 2.16 bits per heavy atom. The molecular weight excluding hydrogens is 337 g/mol. The highest BCUT2D eigenvalue weighted by molar-refractivity contribution is 5.72. The third-order valence-electron chi connectivity index (χ3n) is 3.50. The van der Waals surface area contributed by atoms with E-state index in [1.807, 2.05) is 0 Å². The Labute approximate surface area is 145 Å². The number of hydrogen-bond acceptors (Lipinski definition) is 4. The summed E-state index contributed by atoms with van der Waals surface area (Å²) >= 11 is 0. The van der Waals surface area contributed by atoms with Crippen molar-refractivity contribution in [1.82, 2.24) is 0 Å². The van der Waals surface area contributed by atoms with Gasteiger partial charge in [0.1, 0.15) is 12.4 Å². The zero-order valence-electron chi connectivity index (χ0n) is 14.3. The normalized spacial score (nSPS) is 10.6. The molecule has 4 nitrogen and oxygen atoms in total. The van der Waals surface area contributed by atoms with Crippen LogP contribution in [0.15, 0.2) is 12.1 Å². The Hall–Kier alpha value is -2.05. The predicted molar refractivity (Wildman–Crippen MR) is 85.1 cm³/mol. The van der Waals surface area contributed by atoms with Gasteiger partial charge in [0.2, 0.25) is 0 Å². The molecule has 0 atom stereocenters. The molecule has 1 rings (SSSR count). The summed E-state index contributed by atoms with van der Waals surface area (Å²) in [6.07, 6.45) is 4.32. The zero-order valence-corrected chi connectivity index (χ0v) is 14.3. The fraction of sp³-hybridized carbons (Fsp3) is 0.556. The second-order valence-corrected chi connectivity index (χ2v) is 5.65. The number of hydrogen-bond donors (Lipinski definition) is 0. The monoisotopic (exact) mass is 360 g/mol. The van der Waals surface area contributed by atoms with E-state index in [9.17, 15) is 22.8 Å². The van der Waals surface area contributed by atoms with Crippen molar-refractivity contribution in [3.8, 4) is 0 Å². The van der Waals surface area contributed by atoms with Gasteiger partial charge in [0.05, 0.1) is 6.61 Å². The van der Waals surface area contributed by atoms with Gasteiger partial charge in [-0.3, -0.25) is 9.59 Å². The van der Waals surface area contributed by atoms with Crippen LogP contribution in [0.2, 0.25) is 0 Å². The van der Waals surface area contributed by atoms with Crippen LogP contribution in [-0.2, 0) is 25.7 Å². The SMILES string of the molecule is CCCCCCOC(=O)CCCC(=O)OCc1cc(F)c(F)cc1F. The minimum atomic E-state index is -1.30. The summed E-state index contributed by atoms with van der Waals surface area (Å²) in [5.41, 5.74) is -0.251. The van der Waals surface area contributed by atoms with Crippen LogP contribution in [0.25, 0.3) is 0 Å². The molecule has 0 heterocycles. The van der Waals surface area contributed by atoms with E-state index in [1.165, 1.54) is 0 Å². The minimum absolute atomic E-state index is 0.0454. The molecule has 25 heavy (non-hydrogen) atoms. The molecule has 0 aromatic heterocycles. The first-order chi connectivity index (χ1) is 11.9. The summed E-state index contributed by atoms with van der Waals surface area (Å²) < 4.78 is 49.0. The highest BCUT2D eigenvalue weighted by Crippen LogP contribution is 2.15. The summed E-state index contributed by atoms with van der Waals surface area (Å²) in [6, 6.07) is 1.04. The average Bonchev–Trinajstić information content (AvgIpc) is 2.56. The minimum Gasteiger partial charge on any atom is -0.466 e. The van der Waals surface area contributed by atoms with Crippen molar-refractivity contribution in [2.45, 2.75) is 58.5 Å². The van der Waals surface area contributed by atoms with Crippen molar-refractivity contribution in [3.63, 3.8) is 0 Å². The highest BCUT2D eigenvalue weighted by atomic mass is 19.2. The van der Waals surface area contributed by atoms with Crippen molar-refractivity contribution in [2.24, 2.45) is 0 Å². The van der Waals surface area contributed by atoms with Crippen LogP contribution in [0.3, 0.4) is 0 Å². The number of halogens is 3. The van der Waals surface area contributed by atoms with E-state index in [0.29, 0.717) is 18.7 Å². The van der Waals surface area contributed by atoms with Gasteiger partial charge in [0.15, 0.2) is 11.6 Å². The van der Waals surface area contributed by atoms with Crippen molar-refractivity contribution < 1.29 is 32.2 Å². The van der Waals surface area contributed by atoms with Crippen LogP contribution < -0.4 is 0 Å². The molecule has 0 saturated heterocycles. The van der Waals surface area contributed by atoms with Gasteiger partial charge in [-0.2, -0.15) is 0 Å². The Kier molecular flexibility index (Phi) is 9.65. The summed E-state index contributed by atoms with van der Waals surface area (Å²) in [6.45, 7) is 1.97. The van der Waals surface area contributed by atoms with Gasteiger partial charge in [0, 0.05) is 24.5 Å². The number of benzene rings is 1. The van der Waals surface area contributed by atoms with Gasteiger partial charge < -0.3 is 9.47 Å². The van der Waals surface area contributed by atoms with E-state index in [0.717, 1.165) is 25.7 Å². The van der Waals surface area contributed by atoms with Gasteiger partial charge in [-0.15, -0.1) is 0 Å². The number of carbonyl (C=O) groups excluding carboxylic acids is 2. The second kappa shape index (κ2) is 11.5. The van der Waals surface area contributed by atoms with Crippen LogP contribution in [0, 0.1) is 17.5 Å². The number of carbonyl (C=O) groups is 2. The van der Waals surface area contributed by atoms with E-state index in [2.05, 4.69) is 6.92 Å². The van der Waals surface area contributed by atoms with Crippen LogP contribution in [0.5, 0.6) is 0 Å². The molecular formula is C18H23F3O4. The Bertz CT molecular complexity index is 576. The molecule has 0 bridgehead atoms. The number of unbranched alkanes of at least 4 members (excludes halogenated alkanes) is 3. The second-order valence-electron chi connectivity index (χ2n) is 5.65.